The molecule has 1 rings (SSSR count). The molecular weight excluding hydrogens is 92.1 g/mol. The van der Waals surface area contributed by atoms with E-state index < -0.39 is 0 Å². The molecule has 0 bridgehead atoms. The molecule has 3 nitrogen and oxygen atoms in total. The van der Waals surface area contributed by atoms with E-state index in [1.807, 2.05) is 0 Å². The predicted molar refractivity (Wildman–Crippen MR) is 25.5 cm³/mol. The molecule has 0 aromatic carbocycles. The molecule has 3 heteroatoms. The Morgan fingerprint density at radius 1 is 1.71 bits per heavy atom. The molecular formula is C4H11N2O+. The molecule has 2 N–H and O–H groups in total. The second-order valence-corrected chi connectivity index (χ2v) is 2.12. The summed E-state index contributed by atoms with van der Waals surface area (Å²) in [6.07, 6.45) is 1.08. The highest BCUT2D eigenvalue weighted by molar-refractivity contribution is 4.41. The van der Waals surface area contributed by atoms with Gasteiger partial charge < -0.3 is 0 Å². The molecule has 0 aromatic rings. The lowest BCUT2D eigenvalue weighted by atomic mass is 10.5. The van der Waals surface area contributed by atoms with Crippen LogP contribution in [0.5, 0.6) is 0 Å². The van der Waals surface area contributed by atoms with Gasteiger partial charge in [-0.2, -0.15) is 5.21 Å². The van der Waals surface area contributed by atoms with Gasteiger partial charge in [0, 0.05) is 6.42 Å². The zero-order valence-electron chi connectivity index (χ0n) is 4.52. The van der Waals surface area contributed by atoms with Crippen molar-refractivity contribution in [2.24, 2.45) is 0 Å². The lowest BCUT2D eigenvalue weighted by molar-refractivity contribution is -1.11. The molecule has 0 aromatic heterocycles. The van der Waals surface area contributed by atoms with Crippen LogP contribution < -0.4 is 5.43 Å². The van der Waals surface area contributed by atoms with Crippen molar-refractivity contribution in [3.8, 4) is 0 Å². The molecule has 1 atom stereocenters. The van der Waals surface area contributed by atoms with Crippen LogP contribution in [0.2, 0.25) is 0 Å². The molecule has 0 aliphatic carbocycles. The zero-order valence-corrected chi connectivity index (χ0v) is 4.52. The fraction of sp³-hybridized carbons (Fsp3) is 1.00. The van der Waals surface area contributed by atoms with E-state index in [0.29, 0.717) is 0 Å². The van der Waals surface area contributed by atoms with Crippen LogP contribution in [0.1, 0.15) is 6.42 Å². The zero-order chi connectivity index (χ0) is 5.33. The number of quaternary nitrogens is 1. The molecule has 1 aliphatic heterocycles. The summed E-state index contributed by atoms with van der Waals surface area (Å²) >= 11 is 0. The Bertz CT molecular complexity index is 64.1. The van der Waals surface area contributed by atoms with E-state index in [9.17, 15) is 0 Å². The first kappa shape index (κ1) is 5.03. The average Bonchev–Trinajstić information content (AvgIpc) is 1.84. The minimum absolute atomic E-state index is 0. The second-order valence-electron chi connectivity index (χ2n) is 2.12. The third-order valence-electron chi connectivity index (χ3n) is 1.22. The lowest BCUT2D eigenvalue weighted by Gasteiger charge is -2.15. The second kappa shape index (κ2) is 1.43. The SMILES string of the molecule is C[N+]1(O)CCCN1. The summed E-state index contributed by atoms with van der Waals surface area (Å²) in [6, 6.07) is 0. The van der Waals surface area contributed by atoms with E-state index in [1.165, 1.54) is 0 Å². The standard InChI is InChI=1S/C4H11N2O/c1-6(7)4-2-3-5-6/h5,7H,2-4H2,1H3/q+1. The maximum Gasteiger partial charge on any atom is 0.129 e. The monoisotopic (exact) mass is 103 g/mol. The van der Waals surface area contributed by atoms with Gasteiger partial charge in [0.05, 0.1) is 6.54 Å². The Morgan fingerprint density at radius 2 is 2.43 bits per heavy atom. The lowest BCUT2D eigenvalue weighted by Crippen LogP contribution is -2.46. The van der Waals surface area contributed by atoms with Crippen molar-refractivity contribution in [2.45, 2.75) is 6.42 Å². The van der Waals surface area contributed by atoms with Crippen LogP contribution in [0, 0.1) is 0 Å². The van der Waals surface area contributed by atoms with Crippen molar-refractivity contribution in [3.63, 3.8) is 0 Å². The van der Waals surface area contributed by atoms with Crippen LogP contribution in [-0.4, -0.2) is 30.1 Å². The van der Waals surface area contributed by atoms with E-state index in [0.717, 1.165) is 19.5 Å². The van der Waals surface area contributed by atoms with Gasteiger partial charge in [0.1, 0.15) is 13.6 Å². The van der Waals surface area contributed by atoms with Crippen LogP contribution in [0.4, 0.5) is 0 Å². The molecule has 1 fully saturated rings. The number of hydrogen-bond donors (Lipinski definition) is 2. The first-order valence-electron chi connectivity index (χ1n) is 2.54. The van der Waals surface area contributed by atoms with Gasteiger partial charge >= 0.3 is 0 Å². The number of nitrogens with zero attached hydrogens (tertiary/aromatic N) is 1. The smallest absolute Gasteiger partial charge is 0.129 e. The van der Waals surface area contributed by atoms with Crippen molar-refractivity contribution in [1.29, 1.82) is 0 Å². The molecule has 42 valence electrons. The largest absolute Gasteiger partial charge is 0.196 e. The third-order valence-corrected chi connectivity index (χ3v) is 1.22. The first-order chi connectivity index (χ1) is 3.21. The van der Waals surface area contributed by atoms with Gasteiger partial charge in [0.25, 0.3) is 0 Å². The van der Waals surface area contributed by atoms with Crippen molar-refractivity contribution >= 4 is 0 Å². The molecule has 0 radical (unpaired) electrons. The minimum Gasteiger partial charge on any atom is -0.196 e. The highest BCUT2D eigenvalue weighted by Crippen LogP contribution is 1.99. The summed E-state index contributed by atoms with van der Waals surface area (Å²) in [7, 11) is 1.74. The summed E-state index contributed by atoms with van der Waals surface area (Å²) in [5.41, 5.74) is 2.89. The van der Waals surface area contributed by atoms with Crippen molar-refractivity contribution < 1.29 is 9.96 Å². The fourth-order valence-electron chi connectivity index (χ4n) is 0.786. The summed E-state index contributed by atoms with van der Waals surface area (Å²) < 4.78 is 0. The average molecular weight is 103 g/mol. The molecule has 0 saturated carbocycles. The summed E-state index contributed by atoms with van der Waals surface area (Å²) in [5.74, 6) is 0. The maximum absolute atomic E-state index is 9.02. The molecule has 0 spiro atoms. The van der Waals surface area contributed by atoms with Crippen LogP contribution in [-0.2, 0) is 0 Å². The highest BCUT2D eigenvalue weighted by Gasteiger charge is 2.23. The number of rotatable bonds is 0. The van der Waals surface area contributed by atoms with Crippen molar-refractivity contribution in [1.82, 2.24) is 5.43 Å². The Balaban J connectivity index is 2.40. The summed E-state index contributed by atoms with van der Waals surface area (Å²) in [6.45, 7) is 1.77. The van der Waals surface area contributed by atoms with Crippen LogP contribution in [0.25, 0.3) is 0 Å². The van der Waals surface area contributed by atoms with Gasteiger partial charge in [-0.3, -0.25) is 0 Å². The van der Waals surface area contributed by atoms with Gasteiger partial charge in [-0.25, -0.2) is 0 Å². The van der Waals surface area contributed by atoms with Gasteiger partial charge in [-0.15, -0.1) is 10.2 Å². The van der Waals surface area contributed by atoms with E-state index in [-0.39, 0.29) is 4.76 Å². The van der Waals surface area contributed by atoms with E-state index in [4.69, 9.17) is 5.21 Å². The van der Waals surface area contributed by atoms with E-state index in [2.05, 4.69) is 5.43 Å². The van der Waals surface area contributed by atoms with Crippen LogP contribution in [0.15, 0.2) is 0 Å². The number of hydroxylamine groups is 2. The molecule has 0 amide bonds. The maximum atomic E-state index is 9.02. The molecule has 1 unspecified atom stereocenters. The quantitative estimate of drug-likeness (QED) is 0.414. The van der Waals surface area contributed by atoms with Gasteiger partial charge in [-0.1, -0.05) is 0 Å². The van der Waals surface area contributed by atoms with E-state index in [1.54, 1.807) is 7.05 Å². The Labute approximate surface area is 43.1 Å². The van der Waals surface area contributed by atoms with Crippen LogP contribution >= 0.6 is 0 Å². The first-order valence-corrected chi connectivity index (χ1v) is 2.54. The van der Waals surface area contributed by atoms with Crippen LogP contribution in [0.3, 0.4) is 0 Å². The Morgan fingerprint density at radius 3 is 2.57 bits per heavy atom. The number of hydrogen-bond acceptors (Lipinski definition) is 2. The van der Waals surface area contributed by atoms with Gasteiger partial charge in [0.15, 0.2) is 0 Å². The number of nitrogens with one attached hydrogen (secondary N) is 1. The molecule has 1 heterocycles. The third kappa shape index (κ3) is 1.12. The fourth-order valence-corrected chi connectivity index (χ4v) is 0.786. The molecule has 7 heavy (non-hydrogen) atoms. The Kier molecular flexibility index (Phi) is 1.03. The molecule has 1 aliphatic rings. The summed E-state index contributed by atoms with van der Waals surface area (Å²) in [5, 5.41) is 9.02. The molecule has 1 saturated heterocycles. The predicted octanol–water partition coefficient (Wildman–Crippen LogP) is -0.270. The Hall–Kier alpha value is -0.120. The topological polar surface area (TPSA) is 32.3 Å². The van der Waals surface area contributed by atoms with Crippen molar-refractivity contribution in [2.75, 3.05) is 20.1 Å². The van der Waals surface area contributed by atoms with Gasteiger partial charge in [-0.05, 0) is 0 Å². The highest BCUT2D eigenvalue weighted by atomic mass is 16.6. The van der Waals surface area contributed by atoms with Crippen molar-refractivity contribution in [3.05, 3.63) is 0 Å². The normalized spacial score (nSPS) is 42.0. The minimum atomic E-state index is 0. The summed E-state index contributed by atoms with van der Waals surface area (Å²) in [4.78, 5) is 0. The van der Waals surface area contributed by atoms with Gasteiger partial charge in [0.2, 0.25) is 0 Å². The van der Waals surface area contributed by atoms with E-state index >= 15 is 0 Å².